The predicted octanol–water partition coefficient (Wildman–Crippen LogP) is 2.83. The van der Waals surface area contributed by atoms with Gasteiger partial charge in [0.2, 0.25) is 0 Å². The second-order valence-electron chi connectivity index (χ2n) is 6.97. The fourth-order valence-electron chi connectivity index (χ4n) is 2.34. The van der Waals surface area contributed by atoms with Crippen LogP contribution in [0.25, 0.3) is 0 Å². The number of nitrogens with two attached hydrogens (primary N) is 1. The zero-order valence-corrected chi connectivity index (χ0v) is 15.5. The summed E-state index contributed by atoms with van der Waals surface area (Å²) >= 11 is 1.38. The molecule has 1 fully saturated rings. The molecular formula is C14H25ClN2O2S2. The van der Waals surface area contributed by atoms with Crippen molar-refractivity contribution in [3.05, 3.63) is 17.0 Å². The molecule has 2 rings (SSSR count). The molecule has 0 aromatic carbocycles. The summed E-state index contributed by atoms with van der Waals surface area (Å²) in [5.74, 6) is 0. The van der Waals surface area contributed by atoms with Crippen molar-refractivity contribution in [2.45, 2.75) is 43.7 Å². The van der Waals surface area contributed by atoms with Crippen molar-refractivity contribution in [2.24, 2.45) is 11.1 Å². The van der Waals surface area contributed by atoms with Crippen LogP contribution in [0.2, 0.25) is 0 Å². The van der Waals surface area contributed by atoms with Crippen LogP contribution in [0, 0.1) is 5.41 Å². The Morgan fingerprint density at radius 2 is 2.00 bits per heavy atom. The quantitative estimate of drug-likeness (QED) is 0.909. The highest BCUT2D eigenvalue weighted by Crippen LogP contribution is 2.36. The van der Waals surface area contributed by atoms with E-state index in [1.807, 2.05) is 6.07 Å². The molecule has 7 heteroatoms. The average molecular weight is 353 g/mol. The zero-order valence-electron chi connectivity index (χ0n) is 13.0. The number of halogens is 1. The lowest BCUT2D eigenvalue weighted by Crippen LogP contribution is -2.34. The smallest absolute Gasteiger partial charge is 0.252 e. The van der Waals surface area contributed by atoms with Gasteiger partial charge in [-0.3, -0.25) is 0 Å². The van der Waals surface area contributed by atoms with Gasteiger partial charge in [-0.2, -0.15) is 4.31 Å². The maximum atomic E-state index is 12.7. The summed E-state index contributed by atoms with van der Waals surface area (Å²) < 4.78 is 27.4. The topological polar surface area (TPSA) is 63.4 Å². The van der Waals surface area contributed by atoms with Gasteiger partial charge in [0.05, 0.1) is 0 Å². The van der Waals surface area contributed by atoms with Crippen LogP contribution in [0.5, 0.6) is 0 Å². The first-order valence-corrected chi connectivity index (χ1v) is 9.15. The lowest BCUT2D eigenvalue weighted by atomic mass is 9.90. The van der Waals surface area contributed by atoms with E-state index < -0.39 is 10.0 Å². The van der Waals surface area contributed by atoms with Crippen LogP contribution in [0.15, 0.2) is 16.3 Å². The molecule has 0 saturated carbocycles. The normalized spacial score (nSPS) is 24.0. The zero-order chi connectivity index (χ0) is 15.2. The molecule has 21 heavy (non-hydrogen) atoms. The molecule has 0 bridgehead atoms. The van der Waals surface area contributed by atoms with E-state index in [0.29, 0.717) is 23.8 Å². The highest BCUT2D eigenvalue weighted by Gasteiger charge is 2.39. The first-order chi connectivity index (χ1) is 9.08. The van der Waals surface area contributed by atoms with Gasteiger partial charge in [-0.1, -0.05) is 27.7 Å². The molecule has 0 aliphatic carbocycles. The number of thiophene rings is 1. The fraction of sp³-hybridized carbons (Fsp3) is 0.714. The largest absolute Gasteiger partial charge is 0.330 e. The first kappa shape index (κ1) is 18.9. The van der Waals surface area contributed by atoms with Gasteiger partial charge in [-0.15, -0.1) is 23.7 Å². The number of nitrogens with zero attached hydrogens (tertiary/aromatic N) is 1. The second kappa shape index (κ2) is 6.16. The van der Waals surface area contributed by atoms with Crippen molar-refractivity contribution >= 4 is 33.8 Å². The van der Waals surface area contributed by atoms with Crippen LogP contribution in [0.3, 0.4) is 0 Å². The van der Waals surface area contributed by atoms with Crippen molar-refractivity contribution in [1.29, 1.82) is 0 Å². The fourth-order valence-corrected chi connectivity index (χ4v) is 5.45. The molecule has 0 radical (unpaired) electrons. The van der Waals surface area contributed by atoms with Gasteiger partial charge in [-0.05, 0) is 35.9 Å². The van der Waals surface area contributed by atoms with Gasteiger partial charge in [0.25, 0.3) is 10.0 Å². The maximum Gasteiger partial charge on any atom is 0.252 e. The van der Waals surface area contributed by atoms with Gasteiger partial charge in [0, 0.05) is 18.0 Å². The predicted molar refractivity (Wildman–Crippen MR) is 90.8 cm³/mol. The molecule has 1 aromatic heterocycles. The number of hydrogen-bond acceptors (Lipinski definition) is 4. The van der Waals surface area contributed by atoms with E-state index in [1.54, 1.807) is 10.4 Å². The van der Waals surface area contributed by atoms with Gasteiger partial charge in [0.15, 0.2) is 0 Å². The summed E-state index contributed by atoms with van der Waals surface area (Å²) in [5, 5.41) is 0. The molecule has 0 spiro atoms. The van der Waals surface area contributed by atoms with Crippen LogP contribution < -0.4 is 5.73 Å². The Hall–Kier alpha value is -0.140. The van der Waals surface area contributed by atoms with Crippen LogP contribution in [-0.4, -0.2) is 32.4 Å². The lowest BCUT2D eigenvalue weighted by molar-refractivity contribution is 0.350. The lowest BCUT2D eigenvalue weighted by Gasteiger charge is -2.22. The number of hydrogen-bond donors (Lipinski definition) is 1. The van der Waals surface area contributed by atoms with E-state index in [0.717, 1.165) is 11.3 Å². The average Bonchev–Trinajstić information content (AvgIpc) is 2.95. The minimum atomic E-state index is -3.36. The van der Waals surface area contributed by atoms with Crippen molar-refractivity contribution < 1.29 is 8.42 Å². The molecular weight excluding hydrogens is 328 g/mol. The van der Waals surface area contributed by atoms with E-state index in [9.17, 15) is 8.42 Å². The Bertz CT molecular complexity index is 592. The summed E-state index contributed by atoms with van der Waals surface area (Å²) in [6.07, 6.45) is 0.834. The molecule has 4 nitrogen and oxygen atoms in total. The van der Waals surface area contributed by atoms with E-state index in [-0.39, 0.29) is 23.2 Å². The van der Waals surface area contributed by atoms with Crippen molar-refractivity contribution in [3.63, 3.8) is 0 Å². The molecule has 122 valence electrons. The molecule has 1 unspecified atom stereocenters. The first-order valence-electron chi connectivity index (χ1n) is 6.89. The molecule has 2 heterocycles. The minimum Gasteiger partial charge on any atom is -0.330 e. The second-order valence-corrected chi connectivity index (χ2v) is 10.2. The highest BCUT2D eigenvalue weighted by atomic mass is 35.5. The van der Waals surface area contributed by atoms with Gasteiger partial charge < -0.3 is 5.73 Å². The summed E-state index contributed by atoms with van der Waals surface area (Å²) in [5.41, 5.74) is 5.65. The Morgan fingerprint density at radius 3 is 2.43 bits per heavy atom. The molecule has 1 saturated heterocycles. The summed E-state index contributed by atoms with van der Waals surface area (Å²) in [6, 6.07) is 3.66. The third-order valence-electron chi connectivity index (χ3n) is 3.93. The monoisotopic (exact) mass is 352 g/mol. The van der Waals surface area contributed by atoms with Gasteiger partial charge in [-0.25, -0.2) is 8.42 Å². The maximum absolute atomic E-state index is 12.7. The molecule has 1 atom stereocenters. The van der Waals surface area contributed by atoms with Crippen LogP contribution in [0.1, 0.15) is 39.0 Å². The van der Waals surface area contributed by atoms with Gasteiger partial charge in [0.1, 0.15) is 4.21 Å². The molecule has 1 aromatic rings. The van der Waals surface area contributed by atoms with E-state index >= 15 is 0 Å². The number of rotatable bonds is 3. The van der Waals surface area contributed by atoms with E-state index in [1.165, 1.54) is 11.3 Å². The Labute approximate surface area is 138 Å². The van der Waals surface area contributed by atoms with Crippen LogP contribution in [0.4, 0.5) is 0 Å². The standard InChI is InChI=1S/C14H24N2O2S2.ClH/c1-13(2,3)11-5-6-12(19-11)20(17,18)16-8-7-14(4,9-15)10-16;/h5-6H,7-10,15H2,1-4H3;1H. The molecule has 1 aliphatic rings. The van der Waals surface area contributed by atoms with E-state index in [4.69, 9.17) is 5.73 Å². The minimum absolute atomic E-state index is 0. The van der Waals surface area contributed by atoms with Crippen LogP contribution in [-0.2, 0) is 15.4 Å². The van der Waals surface area contributed by atoms with Crippen molar-refractivity contribution in [2.75, 3.05) is 19.6 Å². The summed E-state index contributed by atoms with van der Waals surface area (Å²) in [7, 11) is -3.36. The van der Waals surface area contributed by atoms with Crippen molar-refractivity contribution in [3.8, 4) is 0 Å². The number of sulfonamides is 1. The third-order valence-corrected chi connectivity index (χ3v) is 7.75. The Morgan fingerprint density at radius 1 is 1.38 bits per heavy atom. The molecule has 2 N–H and O–H groups in total. The molecule has 0 amide bonds. The summed E-state index contributed by atoms with van der Waals surface area (Å²) in [4.78, 5) is 1.09. The SMILES string of the molecule is CC1(CN)CCN(S(=O)(=O)c2ccc(C(C)(C)C)s2)C1.Cl. The highest BCUT2D eigenvalue weighted by molar-refractivity contribution is 7.91. The Kier molecular flexibility index (Phi) is 5.55. The summed E-state index contributed by atoms with van der Waals surface area (Å²) in [6.45, 7) is 9.95. The van der Waals surface area contributed by atoms with Crippen molar-refractivity contribution in [1.82, 2.24) is 4.31 Å². The molecule has 1 aliphatic heterocycles. The van der Waals surface area contributed by atoms with Gasteiger partial charge >= 0.3 is 0 Å². The Balaban J connectivity index is 0.00000220. The van der Waals surface area contributed by atoms with E-state index in [2.05, 4.69) is 27.7 Å². The van der Waals surface area contributed by atoms with Crippen LogP contribution >= 0.6 is 23.7 Å². The third kappa shape index (κ3) is 3.79.